The van der Waals surface area contributed by atoms with E-state index in [4.69, 9.17) is 4.74 Å². The molecule has 1 heterocycles. The van der Waals surface area contributed by atoms with E-state index in [-0.39, 0.29) is 17.6 Å². The summed E-state index contributed by atoms with van der Waals surface area (Å²) in [6.07, 6.45) is 1.97. The quantitative estimate of drug-likeness (QED) is 0.718. The summed E-state index contributed by atoms with van der Waals surface area (Å²) in [6.45, 7) is 3.38. The highest BCUT2D eigenvalue weighted by atomic mass is 16.5. The van der Waals surface area contributed by atoms with Crippen LogP contribution < -0.4 is 10.6 Å². The van der Waals surface area contributed by atoms with E-state index >= 15 is 0 Å². The predicted octanol–water partition coefficient (Wildman–Crippen LogP) is 2.56. The van der Waals surface area contributed by atoms with E-state index in [0.717, 1.165) is 12.8 Å². The fraction of sp³-hybridized carbons (Fsp3) is 0.316. The minimum Gasteiger partial charge on any atom is -0.465 e. The molecule has 1 aromatic carbocycles. The molecule has 0 atom stereocenters. The van der Waals surface area contributed by atoms with Crippen LogP contribution in [0.15, 0.2) is 24.3 Å². The number of hydrogen-bond donors (Lipinski definition) is 3. The number of amides is 2. The Morgan fingerprint density at radius 3 is 2.46 bits per heavy atom. The number of para-hydroxylation sites is 1. The van der Waals surface area contributed by atoms with Crippen LogP contribution in [0.2, 0.25) is 0 Å². The van der Waals surface area contributed by atoms with Gasteiger partial charge in [-0.3, -0.25) is 9.59 Å². The Labute approximate surface area is 151 Å². The number of nitrogens with one attached hydrogen (secondary N) is 3. The van der Waals surface area contributed by atoms with Gasteiger partial charge in [-0.2, -0.15) is 0 Å². The lowest BCUT2D eigenvalue weighted by Gasteiger charge is -2.11. The molecule has 3 rings (SSSR count). The minimum absolute atomic E-state index is 0.210. The maximum atomic E-state index is 12.7. The first-order valence-corrected chi connectivity index (χ1v) is 8.41. The Kier molecular flexibility index (Phi) is 4.79. The average Bonchev–Trinajstić information content (AvgIpc) is 3.38. The highest BCUT2D eigenvalue weighted by Crippen LogP contribution is 2.23. The van der Waals surface area contributed by atoms with Crippen molar-refractivity contribution in [2.75, 3.05) is 12.4 Å². The fourth-order valence-corrected chi connectivity index (χ4v) is 2.85. The molecule has 0 unspecified atom stereocenters. The van der Waals surface area contributed by atoms with Gasteiger partial charge in [0, 0.05) is 11.7 Å². The van der Waals surface area contributed by atoms with Gasteiger partial charge >= 0.3 is 5.97 Å². The molecule has 0 saturated heterocycles. The number of rotatable bonds is 5. The summed E-state index contributed by atoms with van der Waals surface area (Å²) in [6, 6.07) is 7.06. The molecule has 0 bridgehead atoms. The standard InChI is InChI=1S/C19H21N3O4/c1-10-15(19(25)26-3)11(2)20-16(10)18(24)22-14-7-5-4-6-13(14)17(23)21-12-8-9-12/h4-7,12,20H,8-9H2,1-3H3,(H,21,23)(H,22,24). The van der Waals surface area contributed by atoms with Crippen molar-refractivity contribution in [3.8, 4) is 0 Å². The highest BCUT2D eigenvalue weighted by molar-refractivity contribution is 6.10. The van der Waals surface area contributed by atoms with Crippen molar-refractivity contribution in [2.45, 2.75) is 32.7 Å². The Balaban J connectivity index is 1.85. The van der Waals surface area contributed by atoms with Crippen molar-refractivity contribution in [3.63, 3.8) is 0 Å². The second-order valence-electron chi connectivity index (χ2n) is 6.36. The maximum absolute atomic E-state index is 12.7. The van der Waals surface area contributed by atoms with Gasteiger partial charge in [0.1, 0.15) is 5.69 Å². The first-order valence-electron chi connectivity index (χ1n) is 8.41. The molecule has 2 aromatic rings. The highest BCUT2D eigenvalue weighted by Gasteiger charge is 2.26. The van der Waals surface area contributed by atoms with Gasteiger partial charge in [0.15, 0.2) is 0 Å². The molecular formula is C19H21N3O4. The number of aromatic nitrogens is 1. The summed E-state index contributed by atoms with van der Waals surface area (Å²) in [7, 11) is 1.29. The molecule has 7 nitrogen and oxygen atoms in total. The molecule has 1 aliphatic rings. The molecule has 1 fully saturated rings. The number of aryl methyl sites for hydroxylation is 1. The molecule has 1 saturated carbocycles. The van der Waals surface area contributed by atoms with E-state index in [9.17, 15) is 14.4 Å². The van der Waals surface area contributed by atoms with Crippen molar-refractivity contribution in [1.29, 1.82) is 0 Å². The minimum atomic E-state index is -0.500. The molecule has 136 valence electrons. The van der Waals surface area contributed by atoms with Gasteiger partial charge in [0.25, 0.3) is 11.8 Å². The number of esters is 1. The van der Waals surface area contributed by atoms with E-state index in [1.165, 1.54) is 7.11 Å². The van der Waals surface area contributed by atoms with Gasteiger partial charge in [-0.15, -0.1) is 0 Å². The topological polar surface area (TPSA) is 100 Å². The third kappa shape index (κ3) is 3.46. The molecule has 2 amide bonds. The van der Waals surface area contributed by atoms with Crippen LogP contribution in [-0.4, -0.2) is 35.9 Å². The summed E-state index contributed by atoms with van der Waals surface area (Å²) in [5.41, 5.74) is 2.49. The molecule has 0 spiro atoms. The zero-order valence-electron chi connectivity index (χ0n) is 14.9. The summed E-state index contributed by atoms with van der Waals surface area (Å²) < 4.78 is 4.76. The Bertz CT molecular complexity index is 881. The molecule has 26 heavy (non-hydrogen) atoms. The Hall–Kier alpha value is -3.09. The van der Waals surface area contributed by atoms with Crippen molar-refractivity contribution < 1.29 is 19.1 Å². The summed E-state index contributed by atoms with van der Waals surface area (Å²) in [5.74, 6) is -1.13. The Morgan fingerprint density at radius 1 is 1.12 bits per heavy atom. The van der Waals surface area contributed by atoms with Gasteiger partial charge in [-0.1, -0.05) is 12.1 Å². The average molecular weight is 355 g/mol. The van der Waals surface area contributed by atoms with E-state index in [1.54, 1.807) is 38.1 Å². The van der Waals surface area contributed by atoms with Crippen molar-refractivity contribution in [1.82, 2.24) is 10.3 Å². The summed E-state index contributed by atoms with van der Waals surface area (Å²) in [4.78, 5) is 39.9. The van der Waals surface area contributed by atoms with Crippen LogP contribution in [0.5, 0.6) is 0 Å². The lowest BCUT2D eigenvalue weighted by atomic mass is 10.1. The number of benzene rings is 1. The molecule has 1 aromatic heterocycles. The van der Waals surface area contributed by atoms with E-state index in [2.05, 4.69) is 15.6 Å². The number of anilines is 1. The van der Waals surface area contributed by atoms with Crippen LogP contribution >= 0.6 is 0 Å². The van der Waals surface area contributed by atoms with Gasteiger partial charge in [0.05, 0.1) is 23.9 Å². The molecule has 3 N–H and O–H groups in total. The van der Waals surface area contributed by atoms with E-state index < -0.39 is 11.9 Å². The second-order valence-corrected chi connectivity index (χ2v) is 6.36. The number of ether oxygens (including phenoxy) is 1. The monoisotopic (exact) mass is 355 g/mol. The first-order chi connectivity index (χ1) is 12.4. The van der Waals surface area contributed by atoms with Crippen molar-refractivity contribution in [2.24, 2.45) is 0 Å². The van der Waals surface area contributed by atoms with Crippen molar-refractivity contribution in [3.05, 3.63) is 52.3 Å². The molecular weight excluding hydrogens is 334 g/mol. The Morgan fingerprint density at radius 2 is 1.81 bits per heavy atom. The van der Waals surface area contributed by atoms with Gasteiger partial charge in [-0.05, 0) is 44.4 Å². The van der Waals surface area contributed by atoms with Crippen LogP contribution in [0.4, 0.5) is 5.69 Å². The van der Waals surface area contributed by atoms with Crippen LogP contribution in [0, 0.1) is 13.8 Å². The third-order valence-corrected chi connectivity index (χ3v) is 4.39. The third-order valence-electron chi connectivity index (χ3n) is 4.39. The molecule has 0 radical (unpaired) electrons. The zero-order valence-corrected chi connectivity index (χ0v) is 14.9. The fourth-order valence-electron chi connectivity index (χ4n) is 2.85. The lowest BCUT2D eigenvalue weighted by Crippen LogP contribution is -2.27. The van der Waals surface area contributed by atoms with Crippen LogP contribution in [0.3, 0.4) is 0 Å². The normalized spacial score (nSPS) is 13.2. The van der Waals surface area contributed by atoms with Crippen molar-refractivity contribution >= 4 is 23.5 Å². The summed E-state index contributed by atoms with van der Waals surface area (Å²) in [5, 5.41) is 5.67. The van der Waals surface area contributed by atoms with Gasteiger partial charge in [0.2, 0.25) is 0 Å². The number of methoxy groups -OCH3 is 1. The maximum Gasteiger partial charge on any atom is 0.339 e. The van der Waals surface area contributed by atoms with Crippen LogP contribution in [0.1, 0.15) is 55.3 Å². The first kappa shape index (κ1) is 17.7. The number of hydrogen-bond acceptors (Lipinski definition) is 4. The number of carbonyl (C=O) groups is 3. The number of aromatic amines is 1. The second kappa shape index (κ2) is 7.03. The smallest absolute Gasteiger partial charge is 0.339 e. The molecule has 0 aliphatic heterocycles. The van der Waals surface area contributed by atoms with E-state index in [0.29, 0.717) is 28.1 Å². The molecule has 1 aliphatic carbocycles. The molecule has 7 heteroatoms. The summed E-state index contributed by atoms with van der Waals surface area (Å²) >= 11 is 0. The zero-order chi connectivity index (χ0) is 18.8. The number of H-pyrrole nitrogens is 1. The predicted molar refractivity (Wildman–Crippen MR) is 96.5 cm³/mol. The van der Waals surface area contributed by atoms with Crippen LogP contribution in [-0.2, 0) is 4.74 Å². The van der Waals surface area contributed by atoms with Crippen LogP contribution in [0.25, 0.3) is 0 Å². The SMILES string of the molecule is COC(=O)c1c(C)[nH]c(C(=O)Nc2ccccc2C(=O)NC2CC2)c1C. The lowest BCUT2D eigenvalue weighted by molar-refractivity contribution is 0.0599. The van der Waals surface area contributed by atoms with E-state index in [1.807, 2.05) is 0 Å². The van der Waals surface area contributed by atoms with Gasteiger partial charge in [-0.25, -0.2) is 4.79 Å². The largest absolute Gasteiger partial charge is 0.465 e. The number of carbonyl (C=O) groups excluding carboxylic acids is 3. The van der Waals surface area contributed by atoms with Gasteiger partial charge < -0.3 is 20.4 Å².